The Hall–Kier alpha value is -0.390. The minimum absolute atomic E-state index is 0.0455. The van der Waals surface area contributed by atoms with E-state index in [1.807, 2.05) is 19.1 Å². The van der Waals surface area contributed by atoms with Crippen LogP contribution in [0.1, 0.15) is 39.2 Å². The van der Waals surface area contributed by atoms with Crippen LogP contribution in [-0.2, 0) is 15.4 Å². The molecule has 0 saturated heterocycles. The Balaban J connectivity index is 2.85. The van der Waals surface area contributed by atoms with Gasteiger partial charge in [0.05, 0.1) is 4.90 Å². The summed E-state index contributed by atoms with van der Waals surface area (Å²) < 4.78 is 27.3. The molecule has 1 rings (SSSR count). The molecule has 108 valence electrons. The zero-order chi connectivity index (χ0) is 14.5. The van der Waals surface area contributed by atoms with Crippen molar-refractivity contribution in [2.45, 2.75) is 49.9 Å². The number of alkyl halides is 1. The third kappa shape index (κ3) is 4.58. The van der Waals surface area contributed by atoms with Gasteiger partial charge in [-0.15, -0.1) is 0 Å². The van der Waals surface area contributed by atoms with Gasteiger partial charge < -0.3 is 0 Å². The topological polar surface area (TPSA) is 46.2 Å². The van der Waals surface area contributed by atoms with E-state index >= 15 is 0 Å². The van der Waals surface area contributed by atoms with E-state index in [2.05, 4.69) is 34.5 Å². The van der Waals surface area contributed by atoms with E-state index in [1.165, 1.54) is 0 Å². The molecule has 1 aromatic rings. The van der Waals surface area contributed by atoms with Gasteiger partial charge in [0, 0.05) is 11.4 Å². The van der Waals surface area contributed by atoms with Crippen molar-refractivity contribution in [3.05, 3.63) is 29.8 Å². The fourth-order valence-corrected chi connectivity index (χ4v) is 3.85. The first-order chi connectivity index (χ1) is 8.94. The van der Waals surface area contributed by atoms with Gasteiger partial charge in [0.2, 0.25) is 10.0 Å². The summed E-state index contributed by atoms with van der Waals surface area (Å²) in [6, 6.07) is 6.91. The molecule has 3 nitrogen and oxygen atoms in total. The van der Waals surface area contributed by atoms with Crippen molar-refractivity contribution in [1.82, 2.24) is 4.72 Å². The summed E-state index contributed by atoms with van der Waals surface area (Å²) in [6.07, 6.45) is 1.95. The lowest BCUT2D eigenvalue weighted by Gasteiger charge is -2.22. The smallest absolute Gasteiger partial charge is 0.208 e. The molecule has 0 heterocycles. The van der Waals surface area contributed by atoms with Crippen molar-refractivity contribution in [3.8, 4) is 0 Å². The van der Waals surface area contributed by atoms with Crippen LogP contribution in [0.2, 0.25) is 0 Å². The van der Waals surface area contributed by atoms with Crippen LogP contribution in [0.4, 0.5) is 0 Å². The van der Waals surface area contributed by atoms with Crippen molar-refractivity contribution in [2.75, 3.05) is 0 Å². The van der Waals surface area contributed by atoms with Gasteiger partial charge in [0.25, 0.3) is 0 Å². The third-order valence-corrected chi connectivity index (χ3v) is 5.71. The minimum atomic E-state index is -3.42. The van der Waals surface area contributed by atoms with Crippen molar-refractivity contribution >= 4 is 26.0 Å². The molecule has 0 amide bonds. The molecule has 1 aromatic carbocycles. The van der Waals surface area contributed by atoms with Crippen LogP contribution in [0.15, 0.2) is 29.2 Å². The largest absolute Gasteiger partial charge is 0.240 e. The number of rotatable bonds is 7. The molecule has 0 aromatic heterocycles. The summed E-state index contributed by atoms with van der Waals surface area (Å²) in [5.41, 5.74) is 1.06. The van der Waals surface area contributed by atoms with Gasteiger partial charge in [0.15, 0.2) is 0 Å². The Morgan fingerprint density at radius 2 is 1.68 bits per heavy atom. The molecule has 0 aliphatic rings. The van der Waals surface area contributed by atoms with Crippen LogP contribution < -0.4 is 4.72 Å². The van der Waals surface area contributed by atoms with Crippen molar-refractivity contribution in [2.24, 2.45) is 5.92 Å². The van der Waals surface area contributed by atoms with E-state index in [4.69, 9.17) is 0 Å². The highest BCUT2D eigenvalue weighted by Crippen LogP contribution is 2.17. The monoisotopic (exact) mass is 347 g/mol. The second kappa shape index (κ2) is 7.41. The molecule has 1 atom stereocenters. The SMILES string of the molecule is CCC(CC)C(C)NS(=O)(=O)c1ccc(CBr)cc1. The first kappa shape index (κ1) is 16.7. The molecule has 0 bridgehead atoms. The normalized spacial score (nSPS) is 13.7. The zero-order valence-electron chi connectivity index (χ0n) is 11.7. The Morgan fingerprint density at radius 3 is 2.11 bits per heavy atom. The highest BCUT2D eigenvalue weighted by atomic mass is 79.9. The van der Waals surface area contributed by atoms with Crippen molar-refractivity contribution < 1.29 is 8.42 Å². The van der Waals surface area contributed by atoms with Gasteiger partial charge in [-0.1, -0.05) is 54.8 Å². The molecule has 5 heteroatoms. The fraction of sp³-hybridized carbons (Fsp3) is 0.571. The Kier molecular flexibility index (Phi) is 6.50. The standard InChI is InChI=1S/C14H22BrNO2S/c1-4-13(5-2)11(3)16-19(17,18)14-8-6-12(10-15)7-9-14/h6-9,11,13,16H,4-5,10H2,1-3H3. The van der Waals surface area contributed by atoms with E-state index in [0.717, 1.165) is 23.7 Å². The maximum Gasteiger partial charge on any atom is 0.240 e. The second-order valence-electron chi connectivity index (χ2n) is 4.76. The van der Waals surface area contributed by atoms with E-state index < -0.39 is 10.0 Å². The van der Waals surface area contributed by atoms with Crippen LogP contribution in [0.25, 0.3) is 0 Å². The average Bonchev–Trinajstić information content (AvgIpc) is 2.39. The maximum absolute atomic E-state index is 12.3. The lowest BCUT2D eigenvalue weighted by Crippen LogP contribution is -2.37. The lowest BCUT2D eigenvalue weighted by molar-refractivity contribution is 0.391. The predicted molar refractivity (Wildman–Crippen MR) is 82.9 cm³/mol. The summed E-state index contributed by atoms with van der Waals surface area (Å²) in [6.45, 7) is 6.11. The maximum atomic E-state index is 12.3. The fourth-order valence-electron chi connectivity index (χ4n) is 2.16. The highest BCUT2D eigenvalue weighted by Gasteiger charge is 2.21. The molecule has 1 unspecified atom stereocenters. The van der Waals surface area contributed by atoms with Gasteiger partial charge in [0.1, 0.15) is 0 Å². The third-order valence-electron chi connectivity index (χ3n) is 3.48. The molecule has 0 spiro atoms. The molecular formula is C14H22BrNO2S. The van der Waals surface area contributed by atoms with Gasteiger partial charge in [-0.25, -0.2) is 13.1 Å². The number of nitrogens with one attached hydrogen (secondary N) is 1. The van der Waals surface area contributed by atoms with Gasteiger partial charge >= 0.3 is 0 Å². The number of benzene rings is 1. The summed E-state index contributed by atoms with van der Waals surface area (Å²) in [4.78, 5) is 0.329. The van der Waals surface area contributed by atoms with E-state index in [1.54, 1.807) is 12.1 Å². The number of hydrogen-bond acceptors (Lipinski definition) is 2. The molecule has 0 aliphatic carbocycles. The molecule has 0 saturated carbocycles. The zero-order valence-corrected chi connectivity index (χ0v) is 14.1. The van der Waals surface area contributed by atoms with Gasteiger partial charge in [-0.2, -0.15) is 0 Å². The van der Waals surface area contributed by atoms with Gasteiger partial charge in [-0.3, -0.25) is 0 Å². The second-order valence-corrected chi connectivity index (χ2v) is 7.04. The summed E-state index contributed by atoms with van der Waals surface area (Å²) >= 11 is 3.35. The van der Waals surface area contributed by atoms with E-state index in [9.17, 15) is 8.42 Å². The average molecular weight is 348 g/mol. The Labute approximate surface area is 125 Å². The van der Waals surface area contributed by atoms with Gasteiger partial charge in [-0.05, 0) is 30.5 Å². The number of halogens is 1. The number of sulfonamides is 1. The molecule has 1 N–H and O–H groups in total. The lowest BCUT2D eigenvalue weighted by atomic mass is 9.96. The number of hydrogen-bond donors (Lipinski definition) is 1. The van der Waals surface area contributed by atoms with Crippen LogP contribution >= 0.6 is 15.9 Å². The van der Waals surface area contributed by atoms with Crippen LogP contribution in [-0.4, -0.2) is 14.5 Å². The minimum Gasteiger partial charge on any atom is -0.208 e. The molecule has 0 aliphatic heterocycles. The molecule has 19 heavy (non-hydrogen) atoms. The molecular weight excluding hydrogens is 326 g/mol. The highest BCUT2D eigenvalue weighted by molar-refractivity contribution is 9.08. The first-order valence-electron chi connectivity index (χ1n) is 6.61. The summed E-state index contributed by atoms with van der Waals surface area (Å²) in [7, 11) is -3.42. The predicted octanol–water partition coefficient (Wildman–Crippen LogP) is 3.68. The van der Waals surface area contributed by atoms with Crippen molar-refractivity contribution in [1.29, 1.82) is 0 Å². The molecule has 0 radical (unpaired) electrons. The van der Waals surface area contributed by atoms with Crippen LogP contribution in [0, 0.1) is 5.92 Å². The summed E-state index contributed by atoms with van der Waals surface area (Å²) in [5.74, 6) is 0.372. The van der Waals surface area contributed by atoms with Crippen LogP contribution in [0.5, 0.6) is 0 Å². The quantitative estimate of drug-likeness (QED) is 0.764. The van der Waals surface area contributed by atoms with E-state index in [-0.39, 0.29) is 6.04 Å². The Morgan fingerprint density at radius 1 is 1.16 bits per heavy atom. The first-order valence-corrected chi connectivity index (χ1v) is 9.22. The summed E-state index contributed by atoms with van der Waals surface area (Å²) in [5, 5.41) is 0.727. The molecule has 0 fully saturated rings. The van der Waals surface area contributed by atoms with E-state index in [0.29, 0.717) is 10.8 Å². The van der Waals surface area contributed by atoms with Crippen LogP contribution in [0.3, 0.4) is 0 Å². The van der Waals surface area contributed by atoms with Crippen molar-refractivity contribution in [3.63, 3.8) is 0 Å². The Bertz CT molecular complexity index is 481.